The Bertz CT molecular complexity index is 1320. The number of rotatable bonds is 5. The van der Waals surface area contributed by atoms with E-state index in [-0.39, 0.29) is 34.2 Å². The van der Waals surface area contributed by atoms with Crippen LogP contribution in [0.5, 0.6) is 11.5 Å². The number of primary sulfonamides is 1. The maximum Gasteiger partial charge on any atom is 0.269 e. The number of non-ortho nitro benzene ring substituents is 1. The lowest BCUT2D eigenvalue weighted by Gasteiger charge is -2.40. The van der Waals surface area contributed by atoms with E-state index in [1.165, 1.54) is 31.4 Å². The summed E-state index contributed by atoms with van der Waals surface area (Å²) < 4.78 is 29.3. The van der Waals surface area contributed by atoms with Crippen molar-refractivity contribution in [2.24, 2.45) is 11.1 Å². The molecule has 0 saturated carbocycles. The average molecular weight is 470 g/mol. The molecule has 0 aromatic heterocycles. The fourth-order valence-corrected chi connectivity index (χ4v) is 4.99. The zero-order valence-corrected chi connectivity index (χ0v) is 18.7. The van der Waals surface area contributed by atoms with Gasteiger partial charge in [-0.25, -0.2) is 13.6 Å². The first kappa shape index (κ1) is 22.6. The molecule has 172 valence electrons. The molecular weight excluding hydrogens is 446 g/mol. The smallest absolute Gasteiger partial charge is 0.269 e. The number of phenols is 1. The molecule has 3 atom stereocenters. The maximum atomic E-state index is 12.0. The van der Waals surface area contributed by atoms with Crippen molar-refractivity contribution in [2.45, 2.75) is 23.8 Å². The van der Waals surface area contributed by atoms with E-state index in [2.05, 4.69) is 5.32 Å². The van der Waals surface area contributed by atoms with Gasteiger partial charge in [0.15, 0.2) is 11.5 Å². The third-order valence-corrected chi connectivity index (χ3v) is 6.99. The lowest BCUT2D eigenvalue weighted by molar-refractivity contribution is -0.384. The molecule has 0 saturated heterocycles. The van der Waals surface area contributed by atoms with Gasteiger partial charge in [-0.1, -0.05) is 25.1 Å². The van der Waals surface area contributed by atoms with Gasteiger partial charge in [-0.2, -0.15) is 0 Å². The monoisotopic (exact) mass is 469 g/mol. The van der Waals surface area contributed by atoms with Gasteiger partial charge in [0.05, 0.1) is 23.0 Å². The second kappa shape index (κ2) is 8.38. The van der Waals surface area contributed by atoms with Crippen LogP contribution in [0.4, 0.5) is 11.4 Å². The number of hydrogen-bond donors (Lipinski definition) is 3. The fraction of sp³-hybridized carbons (Fsp3) is 0.217. The molecule has 1 aliphatic heterocycles. The molecule has 0 aliphatic carbocycles. The summed E-state index contributed by atoms with van der Waals surface area (Å²) in [7, 11) is -2.46. The van der Waals surface area contributed by atoms with Crippen LogP contribution in [0, 0.1) is 16.0 Å². The highest BCUT2D eigenvalue weighted by atomic mass is 32.2. The SMILES string of the molecule is COc1cc([C@@H]2c3cc(S(N)(=O)=O)ccc3N[C@H](c3ccc([N+](=O)[O-])cc3)[C@H]2C)ccc1O. The molecule has 10 heteroatoms. The summed E-state index contributed by atoms with van der Waals surface area (Å²) in [6, 6.07) is 15.8. The number of nitrogens with one attached hydrogen (secondary N) is 1. The topological polar surface area (TPSA) is 145 Å². The van der Waals surface area contributed by atoms with Crippen LogP contribution >= 0.6 is 0 Å². The third-order valence-electron chi connectivity index (χ3n) is 6.08. The van der Waals surface area contributed by atoms with Gasteiger partial charge in [-0.15, -0.1) is 0 Å². The highest BCUT2D eigenvalue weighted by Crippen LogP contribution is 2.49. The molecule has 0 spiro atoms. The Labute approximate surface area is 191 Å². The lowest BCUT2D eigenvalue weighted by atomic mass is 9.73. The highest BCUT2D eigenvalue weighted by molar-refractivity contribution is 7.89. The second-order valence-corrected chi connectivity index (χ2v) is 9.59. The number of sulfonamides is 1. The number of ether oxygens (including phenoxy) is 1. The molecule has 0 amide bonds. The van der Waals surface area contributed by atoms with E-state index in [0.717, 1.165) is 22.4 Å². The van der Waals surface area contributed by atoms with E-state index in [1.54, 1.807) is 36.4 Å². The Hall–Kier alpha value is -3.63. The number of aromatic hydroxyl groups is 1. The molecule has 0 fully saturated rings. The van der Waals surface area contributed by atoms with Crippen LogP contribution in [-0.4, -0.2) is 25.6 Å². The first-order chi connectivity index (χ1) is 15.6. The van der Waals surface area contributed by atoms with Gasteiger partial charge < -0.3 is 15.2 Å². The summed E-state index contributed by atoms with van der Waals surface area (Å²) in [5, 5.41) is 29.9. The largest absolute Gasteiger partial charge is 0.504 e. The first-order valence-electron chi connectivity index (χ1n) is 10.1. The molecule has 0 bridgehead atoms. The Morgan fingerprint density at radius 2 is 1.73 bits per heavy atom. The molecular formula is C23H23N3O6S. The number of fused-ring (bicyclic) bond motifs is 1. The van der Waals surface area contributed by atoms with Crippen LogP contribution in [0.3, 0.4) is 0 Å². The van der Waals surface area contributed by atoms with Gasteiger partial charge in [0.2, 0.25) is 10.0 Å². The van der Waals surface area contributed by atoms with E-state index in [9.17, 15) is 23.6 Å². The minimum absolute atomic E-state index is 0.000204. The van der Waals surface area contributed by atoms with Crippen molar-refractivity contribution >= 4 is 21.4 Å². The zero-order valence-electron chi connectivity index (χ0n) is 17.9. The van der Waals surface area contributed by atoms with Gasteiger partial charge in [-0.3, -0.25) is 10.1 Å². The number of nitro groups is 1. The second-order valence-electron chi connectivity index (χ2n) is 8.03. The zero-order chi connectivity index (χ0) is 23.9. The van der Waals surface area contributed by atoms with E-state index in [4.69, 9.17) is 9.88 Å². The summed E-state index contributed by atoms with van der Waals surface area (Å²) in [6.07, 6.45) is 0. The Morgan fingerprint density at radius 3 is 2.33 bits per heavy atom. The van der Waals surface area contributed by atoms with E-state index in [0.29, 0.717) is 5.75 Å². The Kier molecular flexibility index (Phi) is 5.73. The van der Waals surface area contributed by atoms with E-state index >= 15 is 0 Å². The molecule has 3 aromatic carbocycles. The summed E-state index contributed by atoms with van der Waals surface area (Å²) in [4.78, 5) is 10.6. The number of hydrogen-bond acceptors (Lipinski definition) is 7. The van der Waals surface area contributed by atoms with Crippen LogP contribution in [-0.2, 0) is 10.0 Å². The normalized spacial score (nSPS) is 19.9. The molecule has 4 N–H and O–H groups in total. The fourth-order valence-electron chi connectivity index (χ4n) is 4.44. The predicted octanol–water partition coefficient (Wildman–Crippen LogP) is 3.89. The van der Waals surface area contributed by atoms with E-state index < -0.39 is 14.9 Å². The number of nitro benzene ring substituents is 1. The van der Waals surface area contributed by atoms with Gasteiger partial charge in [-0.05, 0) is 52.9 Å². The maximum absolute atomic E-state index is 12.0. The third kappa shape index (κ3) is 4.22. The Balaban J connectivity index is 1.87. The first-order valence-corrected chi connectivity index (χ1v) is 11.7. The standard InChI is InChI=1S/C23H23N3O6S/c1-13-22(15-5-10-20(27)21(11-15)32-2)18-12-17(33(24,30)31)8-9-19(18)25-23(13)14-3-6-16(7-4-14)26(28)29/h3-13,22-23,25,27H,1-2H3,(H2,24,30,31)/t13-,22+,23-/m0/s1. The number of benzene rings is 3. The van der Waals surface area contributed by atoms with Crippen LogP contribution in [0.1, 0.15) is 35.6 Å². The van der Waals surface area contributed by atoms with Crippen molar-refractivity contribution in [3.8, 4) is 11.5 Å². The van der Waals surface area contributed by atoms with Crippen LogP contribution in [0.2, 0.25) is 0 Å². The number of phenolic OH excluding ortho intramolecular Hbond substituents is 1. The van der Waals surface area contributed by atoms with Crippen molar-refractivity contribution in [3.63, 3.8) is 0 Å². The summed E-state index contributed by atoms with van der Waals surface area (Å²) in [6.45, 7) is 2.01. The molecule has 0 radical (unpaired) electrons. The number of methoxy groups -OCH3 is 1. The number of nitrogens with zero attached hydrogens (tertiary/aromatic N) is 1. The van der Waals surface area contributed by atoms with Crippen molar-refractivity contribution < 1.29 is 23.2 Å². The minimum Gasteiger partial charge on any atom is -0.504 e. The van der Waals surface area contributed by atoms with Gasteiger partial charge in [0.25, 0.3) is 5.69 Å². The van der Waals surface area contributed by atoms with E-state index in [1.807, 2.05) is 6.92 Å². The van der Waals surface area contributed by atoms with Crippen molar-refractivity contribution in [2.75, 3.05) is 12.4 Å². The summed E-state index contributed by atoms with van der Waals surface area (Å²) in [5.74, 6) is -0.0934. The van der Waals surface area contributed by atoms with Crippen molar-refractivity contribution in [1.82, 2.24) is 0 Å². The molecule has 1 aliphatic rings. The summed E-state index contributed by atoms with van der Waals surface area (Å²) in [5.41, 5.74) is 3.13. The Morgan fingerprint density at radius 1 is 1.06 bits per heavy atom. The molecule has 3 aromatic rings. The highest BCUT2D eigenvalue weighted by Gasteiger charge is 2.36. The number of nitrogens with two attached hydrogens (primary N) is 1. The van der Waals surface area contributed by atoms with Crippen molar-refractivity contribution in [1.29, 1.82) is 0 Å². The van der Waals surface area contributed by atoms with Crippen LogP contribution in [0.25, 0.3) is 0 Å². The summed E-state index contributed by atoms with van der Waals surface area (Å²) >= 11 is 0. The average Bonchev–Trinajstić information content (AvgIpc) is 2.78. The molecule has 0 unspecified atom stereocenters. The van der Waals surface area contributed by atoms with Crippen LogP contribution < -0.4 is 15.2 Å². The predicted molar refractivity (Wildman–Crippen MR) is 123 cm³/mol. The van der Waals surface area contributed by atoms with Crippen molar-refractivity contribution in [3.05, 3.63) is 87.5 Å². The quantitative estimate of drug-likeness (QED) is 0.380. The molecule has 9 nitrogen and oxygen atoms in total. The van der Waals surface area contributed by atoms with Gasteiger partial charge in [0, 0.05) is 23.7 Å². The van der Waals surface area contributed by atoms with Gasteiger partial charge in [0.1, 0.15) is 0 Å². The lowest BCUT2D eigenvalue weighted by Crippen LogP contribution is -2.31. The minimum atomic E-state index is -3.91. The van der Waals surface area contributed by atoms with Crippen LogP contribution in [0.15, 0.2) is 65.6 Å². The van der Waals surface area contributed by atoms with Gasteiger partial charge >= 0.3 is 0 Å². The molecule has 1 heterocycles. The number of anilines is 1. The molecule has 33 heavy (non-hydrogen) atoms. The molecule has 4 rings (SSSR count).